The van der Waals surface area contributed by atoms with Crippen molar-refractivity contribution in [2.24, 2.45) is 0 Å². The Balaban J connectivity index is 1.52. The van der Waals surface area contributed by atoms with Gasteiger partial charge < -0.3 is 10.2 Å². The standard InChI is InChI=1S/C26H26N4O4S/c1-29(26-27-14-15-35-26)25(34)23(32)20(16-18-8-4-2-5-9-18)28-24(33)21-12-13-22(31)30(21)17-19-10-6-3-7-11-19/h2-11,14-15,20-21H,12-13,16-17H2,1H3,(H,28,33). The number of amides is 3. The summed E-state index contributed by atoms with van der Waals surface area (Å²) < 4.78 is 0. The first-order valence-corrected chi connectivity index (χ1v) is 12.2. The molecule has 2 heterocycles. The van der Waals surface area contributed by atoms with E-state index in [-0.39, 0.29) is 18.7 Å². The van der Waals surface area contributed by atoms with Gasteiger partial charge in [0.15, 0.2) is 5.13 Å². The van der Waals surface area contributed by atoms with E-state index in [9.17, 15) is 19.2 Å². The van der Waals surface area contributed by atoms with Gasteiger partial charge in [0.1, 0.15) is 12.1 Å². The van der Waals surface area contributed by atoms with E-state index in [1.54, 1.807) is 11.6 Å². The van der Waals surface area contributed by atoms with Crippen LogP contribution in [0.25, 0.3) is 0 Å². The van der Waals surface area contributed by atoms with Crippen molar-refractivity contribution >= 4 is 40.0 Å². The number of Topliss-reactive ketones (excluding diaryl/α,β-unsaturated/α-hetero) is 1. The van der Waals surface area contributed by atoms with Crippen molar-refractivity contribution in [2.45, 2.75) is 37.9 Å². The molecule has 0 saturated carbocycles. The van der Waals surface area contributed by atoms with Crippen molar-refractivity contribution in [3.63, 3.8) is 0 Å². The highest BCUT2D eigenvalue weighted by Crippen LogP contribution is 2.22. The van der Waals surface area contributed by atoms with Gasteiger partial charge in [-0.3, -0.25) is 24.1 Å². The van der Waals surface area contributed by atoms with Crippen LogP contribution in [0.5, 0.6) is 0 Å². The molecule has 1 saturated heterocycles. The molecule has 1 aliphatic heterocycles. The lowest BCUT2D eigenvalue weighted by atomic mass is 10.0. The second-order valence-electron chi connectivity index (χ2n) is 8.36. The number of carbonyl (C=O) groups excluding carboxylic acids is 4. The van der Waals surface area contributed by atoms with Gasteiger partial charge >= 0.3 is 0 Å². The number of aromatic nitrogens is 1. The highest BCUT2D eigenvalue weighted by atomic mass is 32.1. The first kappa shape index (κ1) is 24.3. The lowest BCUT2D eigenvalue weighted by Crippen LogP contribution is -2.53. The number of carbonyl (C=O) groups is 4. The molecule has 1 fully saturated rings. The summed E-state index contributed by atoms with van der Waals surface area (Å²) in [6.45, 7) is 0.306. The molecular weight excluding hydrogens is 464 g/mol. The number of hydrogen-bond acceptors (Lipinski definition) is 6. The molecule has 4 rings (SSSR count). The SMILES string of the molecule is CN(C(=O)C(=O)C(Cc1ccccc1)NC(=O)C1CCC(=O)N1Cc1ccccc1)c1nccs1. The van der Waals surface area contributed by atoms with Crippen LogP contribution in [0.4, 0.5) is 5.13 Å². The van der Waals surface area contributed by atoms with Gasteiger partial charge in [0.25, 0.3) is 5.91 Å². The molecule has 180 valence electrons. The van der Waals surface area contributed by atoms with Gasteiger partial charge in [-0.05, 0) is 17.5 Å². The van der Waals surface area contributed by atoms with E-state index in [1.807, 2.05) is 60.7 Å². The summed E-state index contributed by atoms with van der Waals surface area (Å²) in [6, 6.07) is 16.8. The molecular formula is C26H26N4O4S. The minimum Gasteiger partial charge on any atom is -0.344 e. The summed E-state index contributed by atoms with van der Waals surface area (Å²) in [4.78, 5) is 58.9. The van der Waals surface area contributed by atoms with Crippen molar-refractivity contribution in [1.82, 2.24) is 15.2 Å². The van der Waals surface area contributed by atoms with E-state index < -0.39 is 29.7 Å². The van der Waals surface area contributed by atoms with Gasteiger partial charge in [0, 0.05) is 38.0 Å². The third-order valence-corrected chi connectivity index (χ3v) is 6.81. The minimum absolute atomic E-state index is 0.112. The van der Waals surface area contributed by atoms with Crippen LogP contribution in [-0.2, 0) is 32.1 Å². The molecule has 1 N–H and O–H groups in total. The van der Waals surface area contributed by atoms with Crippen LogP contribution in [0.3, 0.4) is 0 Å². The fraction of sp³-hybridized carbons (Fsp3) is 0.269. The fourth-order valence-corrected chi connectivity index (χ4v) is 4.70. The molecule has 1 aromatic heterocycles. The van der Waals surface area contributed by atoms with Crippen LogP contribution in [-0.4, -0.2) is 52.5 Å². The largest absolute Gasteiger partial charge is 0.344 e. The average molecular weight is 491 g/mol. The highest BCUT2D eigenvalue weighted by molar-refractivity contribution is 7.13. The number of benzene rings is 2. The number of nitrogens with zero attached hydrogens (tertiary/aromatic N) is 3. The Kier molecular flexibility index (Phi) is 7.67. The van der Waals surface area contributed by atoms with E-state index in [0.29, 0.717) is 18.1 Å². The molecule has 0 aliphatic carbocycles. The third kappa shape index (κ3) is 5.81. The Labute approximate surface area is 207 Å². The quantitative estimate of drug-likeness (QED) is 0.465. The number of likely N-dealkylation sites (N-methyl/N-ethyl adjacent to an activating group) is 1. The van der Waals surface area contributed by atoms with Crippen molar-refractivity contribution in [3.8, 4) is 0 Å². The predicted octanol–water partition coefficient (Wildman–Crippen LogP) is 2.59. The molecule has 0 spiro atoms. The zero-order valence-electron chi connectivity index (χ0n) is 19.3. The van der Waals surface area contributed by atoms with Crippen LogP contribution in [0.1, 0.15) is 24.0 Å². The first-order valence-electron chi connectivity index (χ1n) is 11.3. The molecule has 3 aromatic rings. The summed E-state index contributed by atoms with van der Waals surface area (Å²) in [6.07, 6.45) is 2.32. The molecule has 2 aromatic carbocycles. The van der Waals surface area contributed by atoms with Gasteiger partial charge in [-0.2, -0.15) is 0 Å². The zero-order valence-corrected chi connectivity index (χ0v) is 20.1. The highest BCUT2D eigenvalue weighted by Gasteiger charge is 2.38. The minimum atomic E-state index is -1.07. The number of likely N-dealkylation sites (tertiary alicyclic amines) is 1. The maximum Gasteiger partial charge on any atom is 0.298 e. The number of thiazole rings is 1. The number of ketones is 1. The fourth-order valence-electron chi connectivity index (χ4n) is 4.09. The topological polar surface area (TPSA) is 99.7 Å². The molecule has 0 bridgehead atoms. The third-order valence-electron chi connectivity index (χ3n) is 5.96. The maximum atomic E-state index is 13.3. The van der Waals surface area contributed by atoms with E-state index in [2.05, 4.69) is 10.3 Å². The molecule has 35 heavy (non-hydrogen) atoms. The summed E-state index contributed by atoms with van der Waals surface area (Å²) in [5.74, 6) is -2.05. The average Bonchev–Trinajstić information content (AvgIpc) is 3.54. The van der Waals surface area contributed by atoms with Crippen molar-refractivity contribution in [1.29, 1.82) is 0 Å². The maximum absolute atomic E-state index is 13.3. The first-order chi connectivity index (χ1) is 16.9. The van der Waals surface area contributed by atoms with Crippen molar-refractivity contribution in [2.75, 3.05) is 11.9 Å². The van der Waals surface area contributed by atoms with Crippen LogP contribution in [0.15, 0.2) is 72.2 Å². The summed E-state index contributed by atoms with van der Waals surface area (Å²) >= 11 is 1.24. The second-order valence-corrected chi connectivity index (χ2v) is 9.23. The van der Waals surface area contributed by atoms with Crippen LogP contribution in [0.2, 0.25) is 0 Å². The zero-order chi connectivity index (χ0) is 24.8. The summed E-state index contributed by atoms with van der Waals surface area (Å²) in [5.41, 5.74) is 1.72. The van der Waals surface area contributed by atoms with Crippen molar-refractivity contribution in [3.05, 3.63) is 83.4 Å². The molecule has 0 radical (unpaired) electrons. The second kappa shape index (κ2) is 11.1. The normalized spacial score (nSPS) is 16.1. The summed E-state index contributed by atoms with van der Waals surface area (Å²) in [5, 5.41) is 4.88. The van der Waals surface area contributed by atoms with E-state index in [0.717, 1.165) is 11.1 Å². The molecule has 9 heteroatoms. The number of rotatable bonds is 9. The number of hydrogen-bond donors (Lipinski definition) is 1. The van der Waals surface area contributed by atoms with Crippen LogP contribution >= 0.6 is 11.3 Å². The summed E-state index contributed by atoms with van der Waals surface area (Å²) in [7, 11) is 1.48. The van der Waals surface area contributed by atoms with Gasteiger partial charge in [-0.25, -0.2) is 4.98 Å². The Morgan fingerprint density at radius 3 is 2.37 bits per heavy atom. The van der Waals surface area contributed by atoms with Crippen molar-refractivity contribution < 1.29 is 19.2 Å². The monoisotopic (exact) mass is 490 g/mol. The van der Waals surface area contributed by atoms with Crippen LogP contribution < -0.4 is 10.2 Å². The van der Waals surface area contributed by atoms with E-state index in [4.69, 9.17) is 0 Å². The Bertz CT molecular complexity index is 1180. The molecule has 8 nitrogen and oxygen atoms in total. The predicted molar refractivity (Wildman–Crippen MR) is 133 cm³/mol. The lowest BCUT2D eigenvalue weighted by Gasteiger charge is -2.27. The Morgan fingerprint density at radius 2 is 1.74 bits per heavy atom. The Morgan fingerprint density at radius 1 is 1.09 bits per heavy atom. The molecule has 1 aliphatic rings. The van der Waals surface area contributed by atoms with Gasteiger partial charge in [0.2, 0.25) is 17.6 Å². The molecule has 2 unspecified atom stereocenters. The lowest BCUT2D eigenvalue weighted by molar-refractivity contribution is -0.140. The molecule has 3 amide bonds. The number of anilines is 1. The molecule has 2 atom stereocenters. The number of nitrogens with one attached hydrogen (secondary N) is 1. The Hall–Kier alpha value is -3.85. The van der Waals surface area contributed by atoms with Gasteiger partial charge in [-0.15, -0.1) is 11.3 Å². The van der Waals surface area contributed by atoms with Gasteiger partial charge in [-0.1, -0.05) is 60.7 Å². The van der Waals surface area contributed by atoms with E-state index >= 15 is 0 Å². The van der Waals surface area contributed by atoms with Crippen LogP contribution in [0, 0.1) is 0 Å². The smallest absolute Gasteiger partial charge is 0.298 e. The van der Waals surface area contributed by atoms with Gasteiger partial charge in [0.05, 0.1) is 0 Å². The van der Waals surface area contributed by atoms with E-state index in [1.165, 1.54) is 28.2 Å².